The third kappa shape index (κ3) is 2.94. The Morgan fingerprint density at radius 1 is 1.37 bits per heavy atom. The number of carboxylic acids is 1. The molecule has 1 atom stereocenters. The van der Waals surface area contributed by atoms with Crippen LogP contribution in [0.25, 0.3) is 0 Å². The van der Waals surface area contributed by atoms with Crippen LogP contribution in [0.2, 0.25) is 0 Å². The minimum atomic E-state index is -0.994. The average molecular weight is 330 g/mol. The van der Waals surface area contributed by atoms with Crippen LogP contribution in [0.15, 0.2) is 22.7 Å². The van der Waals surface area contributed by atoms with Gasteiger partial charge in [0, 0.05) is 11.0 Å². The van der Waals surface area contributed by atoms with Gasteiger partial charge in [0.05, 0.1) is 5.56 Å². The number of hydrogen-bond donors (Lipinski definition) is 1. The second-order valence-electron chi connectivity index (χ2n) is 4.47. The molecule has 1 aliphatic rings. The van der Waals surface area contributed by atoms with Crippen LogP contribution in [0.3, 0.4) is 0 Å². The molecule has 0 spiro atoms. The van der Waals surface area contributed by atoms with Gasteiger partial charge >= 0.3 is 5.97 Å². The third-order valence-corrected chi connectivity index (χ3v) is 3.87. The number of carbonyl (C=O) groups is 2. The number of halogens is 2. The van der Waals surface area contributed by atoms with Crippen LogP contribution >= 0.6 is 15.9 Å². The standard InChI is InChI=1S/C13H13BrFNO3/c14-10-7-8(15)4-5-9(10)12(17)16-6-2-1-3-11(16)13(18)19/h4-5,7,11H,1-3,6H2,(H,18,19)/t11-/m1/s1. The van der Waals surface area contributed by atoms with E-state index in [4.69, 9.17) is 5.11 Å². The van der Waals surface area contributed by atoms with E-state index in [1.54, 1.807) is 0 Å². The first-order valence-corrected chi connectivity index (χ1v) is 6.79. The molecular formula is C13H13BrFNO3. The van der Waals surface area contributed by atoms with Crippen molar-refractivity contribution in [1.29, 1.82) is 0 Å². The SMILES string of the molecule is O=C(O)[C@H]1CCCCN1C(=O)c1ccc(F)cc1Br. The van der Waals surface area contributed by atoms with E-state index in [2.05, 4.69) is 15.9 Å². The van der Waals surface area contributed by atoms with Crippen molar-refractivity contribution in [1.82, 2.24) is 4.90 Å². The number of rotatable bonds is 2. The molecule has 19 heavy (non-hydrogen) atoms. The summed E-state index contributed by atoms with van der Waals surface area (Å²) in [6, 6.07) is 2.97. The largest absolute Gasteiger partial charge is 0.480 e. The number of benzene rings is 1. The number of amides is 1. The number of carbonyl (C=O) groups excluding carboxylic acids is 1. The molecule has 1 aliphatic heterocycles. The lowest BCUT2D eigenvalue weighted by Crippen LogP contribution is -2.48. The summed E-state index contributed by atoms with van der Waals surface area (Å²) >= 11 is 3.14. The van der Waals surface area contributed by atoms with Crippen LogP contribution in [0, 0.1) is 5.82 Å². The van der Waals surface area contributed by atoms with Gasteiger partial charge in [0.2, 0.25) is 0 Å². The zero-order chi connectivity index (χ0) is 14.0. The third-order valence-electron chi connectivity index (χ3n) is 3.21. The summed E-state index contributed by atoms with van der Waals surface area (Å²) in [5.41, 5.74) is 0.287. The van der Waals surface area contributed by atoms with Crippen molar-refractivity contribution in [3.63, 3.8) is 0 Å². The highest BCUT2D eigenvalue weighted by Gasteiger charge is 2.33. The van der Waals surface area contributed by atoms with Gasteiger partial charge in [-0.25, -0.2) is 9.18 Å². The van der Waals surface area contributed by atoms with Crippen molar-refractivity contribution in [2.24, 2.45) is 0 Å². The van der Waals surface area contributed by atoms with Gasteiger partial charge in [-0.15, -0.1) is 0 Å². The molecule has 0 saturated carbocycles. The Bertz CT molecular complexity index is 521. The van der Waals surface area contributed by atoms with Crippen LogP contribution in [-0.4, -0.2) is 34.5 Å². The Hall–Kier alpha value is -1.43. The van der Waals surface area contributed by atoms with Crippen LogP contribution in [-0.2, 0) is 4.79 Å². The molecule has 0 radical (unpaired) electrons. The Morgan fingerprint density at radius 2 is 2.11 bits per heavy atom. The molecule has 4 nitrogen and oxygen atoms in total. The van der Waals surface area contributed by atoms with Crippen LogP contribution in [0.1, 0.15) is 29.6 Å². The lowest BCUT2D eigenvalue weighted by molar-refractivity contribution is -0.143. The molecule has 102 valence electrons. The quantitative estimate of drug-likeness (QED) is 0.907. The first kappa shape index (κ1) is 14.0. The lowest BCUT2D eigenvalue weighted by atomic mass is 10.0. The molecule has 0 unspecified atom stereocenters. The molecule has 0 aromatic heterocycles. The van der Waals surface area contributed by atoms with Crippen molar-refractivity contribution in [3.05, 3.63) is 34.1 Å². The van der Waals surface area contributed by atoms with E-state index in [0.29, 0.717) is 17.4 Å². The molecule has 1 N–H and O–H groups in total. The number of piperidine rings is 1. The normalized spacial score (nSPS) is 19.3. The highest BCUT2D eigenvalue weighted by molar-refractivity contribution is 9.10. The van der Waals surface area contributed by atoms with Gasteiger partial charge in [-0.2, -0.15) is 0 Å². The van der Waals surface area contributed by atoms with E-state index < -0.39 is 17.8 Å². The predicted octanol–water partition coefficient (Wildman–Crippen LogP) is 2.67. The minimum Gasteiger partial charge on any atom is -0.480 e. The summed E-state index contributed by atoms with van der Waals surface area (Å²) in [6.45, 7) is 0.416. The van der Waals surface area contributed by atoms with Crippen molar-refractivity contribution < 1.29 is 19.1 Å². The van der Waals surface area contributed by atoms with E-state index in [0.717, 1.165) is 12.8 Å². The maximum Gasteiger partial charge on any atom is 0.326 e. The van der Waals surface area contributed by atoms with Crippen LogP contribution < -0.4 is 0 Å². The van der Waals surface area contributed by atoms with Gasteiger partial charge in [0.1, 0.15) is 11.9 Å². The smallest absolute Gasteiger partial charge is 0.326 e. The minimum absolute atomic E-state index is 0.287. The number of aliphatic carboxylic acids is 1. The van der Waals surface area contributed by atoms with Gasteiger partial charge < -0.3 is 10.0 Å². The molecule has 1 aromatic rings. The second-order valence-corrected chi connectivity index (χ2v) is 5.33. The molecule has 0 bridgehead atoms. The Labute approximate surface area is 118 Å². The molecule has 2 rings (SSSR count). The molecule has 0 aliphatic carbocycles. The summed E-state index contributed by atoms with van der Waals surface area (Å²) in [6.07, 6.45) is 2.04. The number of carboxylic acid groups (broad SMARTS) is 1. The zero-order valence-electron chi connectivity index (χ0n) is 10.1. The molecule has 1 amide bonds. The van der Waals surface area contributed by atoms with Gasteiger partial charge in [0.25, 0.3) is 5.91 Å². The lowest BCUT2D eigenvalue weighted by Gasteiger charge is -2.33. The van der Waals surface area contributed by atoms with E-state index in [1.807, 2.05) is 0 Å². The number of nitrogens with zero attached hydrogens (tertiary/aromatic N) is 1. The number of likely N-dealkylation sites (tertiary alicyclic amines) is 1. The Balaban J connectivity index is 2.28. The summed E-state index contributed by atoms with van der Waals surface area (Å²) < 4.78 is 13.3. The summed E-state index contributed by atoms with van der Waals surface area (Å²) in [5.74, 6) is -1.82. The molecule has 1 saturated heterocycles. The van der Waals surface area contributed by atoms with Gasteiger partial charge in [-0.05, 0) is 53.4 Å². The molecule has 6 heteroatoms. The maximum absolute atomic E-state index is 13.0. The van der Waals surface area contributed by atoms with E-state index >= 15 is 0 Å². The average Bonchev–Trinajstić information content (AvgIpc) is 2.38. The van der Waals surface area contributed by atoms with Crippen molar-refractivity contribution in [2.45, 2.75) is 25.3 Å². The van der Waals surface area contributed by atoms with Gasteiger partial charge in [0.15, 0.2) is 0 Å². The first-order chi connectivity index (χ1) is 9.00. The molecule has 1 heterocycles. The second kappa shape index (κ2) is 5.69. The monoisotopic (exact) mass is 329 g/mol. The fraction of sp³-hybridized carbons (Fsp3) is 0.385. The van der Waals surface area contributed by atoms with Crippen molar-refractivity contribution in [2.75, 3.05) is 6.54 Å². The fourth-order valence-electron chi connectivity index (χ4n) is 2.25. The topological polar surface area (TPSA) is 57.6 Å². The summed E-state index contributed by atoms with van der Waals surface area (Å²) in [4.78, 5) is 24.9. The van der Waals surface area contributed by atoms with E-state index in [-0.39, 0.29) is 11.5 Å². The maximum atomic E-state index is 13.0. The Kier molecular flexibility index (Phi) is 4.19. The fourth-order valence-corrected chi connectivity index (χ4v) is 2.77. The number of hydrogen-bond acceptors (Lipinski definition) is 2. The van der Waals surface area contributed by atoms with Crippen LogP contribution in [0.4, 0.5) is 4.39 Å². The predicted molar refractivity (Wildman–Crippen MR) is 70.4 cm³/mol. The Morgan fingerprint density at radius 3 is 2.74 bits per heavy atom. The highest BCUT2D eigenvalue weighted by atomic mass is 79.9. The van der Waals surface area contributed by atoms with E-state index in [9.17, 15) is 14.0 Å². The van der Waals surface area contributed by atoms with Crippen LogP contribution in [0.5, 0.6) is 0 Å². The summed E-state index contributed by atoms with van der Waals surface area (Å²) in [5, 5.41) is 9.15. The zero-order valence-corrected chi connectivity index (χ0v) is 11.7. The first-order valence-electron chi connectivity index (χ1n) is 5.99. The van der Waals surface area contributed by atoms with Gasteiger partial charge in [-0.1, -0.05) is 0 Å². The summed E-state index contributed by atoms with van der Waals surface area (Å²) in [7, 11) is 0. The van der Waals surface area contributed by atoms with Crippen molar-refractivity contribution >= 4 is 27.8 Å². The highest BCUT2D eigenvalue weighted by Crippen LogP contribution is 2.24. The molecule has 1 aromatic carbocycles. The molecule has 1 fully saturated rings. The molecular weight excluding hydrogens is 317 g/mol. The van der Waals surface area contributed by atoms with Crippen molar-refractivity contribution in [3.8, 4) is 0 Å². The van der Waals surface area contributed by atoms with Gasteiger partial charge in [-0.3, -0.25) is 4.79 Å². The van der Waals surface area contributed by atoms with E-state index in [1.165, 1.54) is 23.1 Å².